The molecule has 0 unspecified atom stereocenters. The van der Waals surface area contributed by atoms with E-state index in [9.17, 15) is 5.11 Å². The first-order valence-electron chi connectivity index (χ1n) is 15.5. The Morgan fingerprint density at radius 3 is 2.12 bits per heavy atom. The van der Waals surface area contributed by atoms with Gasteiger partial charge in [0.15, 0.2) is 8.32 Å². The van der Waals surface area contributed by atoms with Crippen LogP contribution in [-0.2, 0) is 16.3 Å². The highest BCUT2D eigenvalue weighted by molar-refractivity contribution is 6.74. The Labute approximate surface area is 246 Å². The average Bonchev–Trinajstić information content (AvgIpc) is 3.35. The van der Waals surface area contributed by atoms with E-state index in [1.54, 1.807) is 0 Å². The third kappa shape index (κ3) is 6.20. The van der Waals surface area contributed by atoms with E-state index in [-0.39, 0.29) is 22.0 Å². The van der Waals surface area contributed by atoms with E-state index in [0.29, 0.717) is 5.92 Å². The standard InChI is InChI=1S/C36H55NO2Si/c1-23(2)29-30-27(21-36(9,10)22-28(30)39-40(11,12)35(6,7)8)37-32(24-15-13-14-16-24)31(29)33(38)25-17-19-26(20-18-25)34(3,4)5/h17-20,24,28,33,38H,1,13-16,21-22H2,2-12H3/t28-,33+/m0/s1. The molecule has 0 amide bonds. The molecule has 3 nitrogen and oxygen atoms in total. The number of hydrogen-bond donors (Lipinski definition) is 1. The summed E-state index contributed by atoms with van der Waals surface area (Å²) in [5.41, 5.74) is 8.90. The summed E-state index contributed by atoms with van der Waals surface area (Å²) < 4.78 is 7.23. The van der Waals surface area contributed by atoms with Crippen molar-refractivity contribution < 1.29 is 9.53 Å². The number of benzene rings is 1. The summed E-state index contributed by atoms with van der Waals surface area (Å²) >= 11 is 0. The molecule has 1 saturated carbocycles. The maximum absolute atomic E-state index is 12.2. The van der Waals surface area contributed by atoms with Crippen LogP contribution in [0.25, 0.3) is 5.57 Å². The fourth-order valence-electron chi connectivity index (χ4n) is 6.51. The predicted molar refractivity (Wildman–Crippen MR) is 172 cm³/mol. The SMILES string of the molecule is C=C(C)c1c([C@H](O)c2ccc(C(C)(C)C)cc2)c(C2CCCC2)nc2c1[C@@H](O[Si](C)(C)C(C)(C)C)CC(C)(C)C2. The lowest BCUT2D eigenvalue weighted by Crippen LogP contribution is -2.44. The molecule has 1 N–H and O–H groups in total. The van der Waals surface area contributed by atoms with E-state index in [0.717, 1.165) is 53.6 Å². The molecule has 0 radical (unpaired) electrons. The summed E-state index contributed by atoms with van der Waals surface area (Å²) in [5, 5.41) is 12.3. The van der Waals surface area contributed by atoms with Crippen LogP contribution in [0.4, 0.5) is 0 Å². The molecule has 2 aliphatic rings. The summed E-state index contributed by atoms with van der Waals surface area (Å²) in [6.07, 6.45) is 5.80. The lowest BCUT2D eigenvalue weighted by molar-refractivity contribution is 0.105. The molecule has 40 heavy (non-hydrogen) atoms. The lowest BCUT2D eigenvalue weighted by Gasteiger charge is -2.45. The summed E-state index contributed by atoms with van der Waals surface area (Å²) in [7, 11) is -2.07. The number of hydrogen-bond acceptors (Lipinski definition) is 3. The van der Waals surface area contributed by atoms with E-state index < -0.39 is 14.4 Å². The molecule has 4 heteroatoms. The molecule has 0 saturated heterocycles. The summed E-state index contributed by atoms with van der Waals surface area (Å²) in [6, 6.07) is 8.56. The first-order valence-corrected chi connectivity index (χ1v) is 18.4. The van der Waals surface area contributed by atoms with E-state index in [1.165, 1.54) is 29.7 Å². The molecule has 0 bridgehead atoms. The minimum atomic E-state index is -2.07. The van der Waals surface area contributed by atoms with Crippen LogP contribution in [0, 0.1) is 5.41 Å². The lowest BCUT2D eigenvalue weighted by atomic mass is 9.71. The Bertz CT molecular complexity index is 1240. The van der Waals surface area contributed by atoms with Crippen LogP contribution in [0.5, 0.6) is 0 Å². The molecule has 1 fully saturated rings. The van der Waals surface area contributed by atoms with E-state index >= 15 is 0 Å². The Balaban J connectivity index is 1.96. The van der Waals surface area contributed by atoms with Gasteiger partial charge in [-0.15, -0.1) is 0 Å². The summed E-state index contributed by atoms with van der Waals surface area (Å²) in [5.74, 6) is 0.381. The average molecular weight is 562 g/mol. The van der Waals surface area contributed by atoms with Crippen LogP contribution >= 0.6 is 0 Å². The second-order valence-corrected chi connectivity index (χ2v) is 20.9. The second kappa shape index (κ2) is 10.8. The number of nitrogens with zero attached hydrogens (tertiary/aromatic N) is 1. The van der Waals surface area contributed by atoms with Gasteiger partial charge in [0.25, 0.3) is 0 Å². The molecule has 0 aliphatic heterocycles. The van der Waals surface area contributed by atoms with Gasteiger partial charge in [0.1, 0.15) is 6.10 Å². The van der Waals surface area contributed by atoms with Crippen molar-refractivity contribution in [3.63, 3.8) is 0 Å². The maximum atomic E-state index is 12.2. The van der Waals surface area contributed by atoms with Gasteiger partial charge in [0.2, 0.25) is 0 Å². The molecule has 0 spiro atoms. The van der Waals surface area contributed by atoms with Gasteiger partial charge >= 0.3 is 0 Å². The molecule has 2 atom stereocenters. The van der Waals surface area contributed by atoms with E-state index in [4.69, 9.17) is 9.41 Å². The molecule has 1 aromatic heterocycles. The number of rotatable bonds is 6. The van der Waals surface area contributed by atoms with Gasteiger partial charge in [-0.25, -0.2) is 0 Å². The highest BCUT2D eigenvalue weighted by atomic mass is 28.4. The van der Waals surface area contributed by atoms with Gasteiger partial charge in [-0.05, 0) is 78.3 Å². The maximum Gasteiger partial charge on any atom is 0.192 e. The minimum Gasteiger partial charge on any atom is -0.410 e. The van der Waals surface area contributed by atoms with Gasteiger partial charge < -0.3 is 9.53 Å². The second-order valence-electron chi connectivity index (χ2n) is 16.1. The zero-order valence-electron chi connectivity index (χ0n) is 27.3. The monoisotopic (exact) mass is 561 g/mol. The number of pyridine rings is 1. The van der Waals surface area contributed by atoms with Crippen molar-refractivity contribution in [2.45, 2.75) is 143 Å². The molecular formula is C36H55NO2Si. The van der Waals surface area contributed by atoms with Crippen molar-refractivity contribution in [2.75, 3.05) is 0 Å². The predicted octanol–water partition coefficient (Wildman–Crippen LogP) is 10.2. The minimum absolute atomic E-state index is 0.0503. The Hall–Kier alpha value is -1.75. The molecule has 220 valence electrons. The summed E-state index contributed by atoms with van der Waals surface area (Å²) in [6.45, 7) is 29.7. The van der Waals surface area contributed by atoms with Crippen molar-refractivity contribution in [1.29, 1.82) is 0 Å². The molecule has 4 rings (SSSR count). The Kier molecular flexibility index (Phi) is 8.44. The van der Waals surface area contributed by atoms with Crippen molar-refractivity contribution in [2.24, 2.45) is 5.41 Å². The topological polar surface area (TPSA) is 42.4 Å². The van der Waals surface area contributed by atoms with Gasteiger partial charge in [-0.3, -0.25) is 4.98 Å². The summed E-state index contributed by atoms with van der Waals surface area (Å²) in [4.78, 5) is 5.51. The number of aliphatic hydroxyl groups is 1. The smallest absolute Gasteiger partial charge is 0.192 e. The quantitative estimate of drug-likeness (QED) is 0.357. The van der Waals surface area contributed by atoms with Crippen LogP contribution in [0.15, 0.2) is 30.8 Å². The van der Waals surface area contributed by atoms with E-state index in [1.807, 2.05) is 0 Å². The number of allylic oxidation sites excluding steroid dienone is 1. The van der Waals surface area contributed by atoms with Gasteiger partial charge in [-0.1, -0.05) is 105 Å². The van der Waals surface area contributed by atoms with Gasteiger partial charge in [0.05, 0.1) is 11.8 Å². The van der Waals surface area contributed by atoms with E-state index in [2.05, 4.69) is 106 Å². The molecule has 1 heterocycles. The Morgan fingerprint density at radius 2 is 1.62 bits per heavy atom. The molecule has 2 aliphatic carbocycles. The van der Waals surface area contributed by atoms with Crippen molar-refractivity contribution in [3.05, 3.63) is 70.0 Å². The fourth-order valence-corrected chi connectivity index (χ4v) is 7.77. The number of aliphatic hydroxyl groups excluding tert-OH is 1. The molecular weight excluding hydrogens is 506 g/mol. The van der Waals surface area contributed by atoms with Crippen LogP contribution in [-0.4, -0.2) is 18.4 Å². The molecule has 2 aromatic rings. The third-order valence-corrected chi connectivity index (χ3v) is 14.4. The largest absolute Gasteiger partial charge is 0.410 e. The molecule has 1 aromatic carbocycles. The van der Waals surface area contributed by atoms with Gasteiger partial charge in [-0.2, -0.15) is 0 Å². The van der Waals surface area contributed by atoms with Crippen LogP contribution in [0.3, 0.4) is 0 Å². The highest BCUT2D eigenvalue weighted by Crippen LogP contribution is 2.52. The normalized spacial score (nSPS) is 20.9. The van der Waals surface area contributed by atoms with Gasteiger partial charge in [0, 0.05) is 22.7 Å². The number of aromatic nitrogens is 1. The highest BCUT2D eigenvalue weighted by Gasteiger charge is 2.45. The van der Waals surface area contributed by atoms with Crippen LogP contribution in [0.2, 0.25) is 18.1 Å². The fraction of sp³-hybridized carbons (Fsp3) is 0.639. The van der Waals surface area contributed by atoms with Crippen LogP contribution in [0.1, 0.15) is 152 Å². The number of fused-ring (bicyclic) bond motifs is 1. The first kappa shape index (κ1) is 31.2. The van der Waals surface area contributed by atoms with Crippen molar-refractivity contribution >= 4 is 13.9 Å². The Morgan fingerprint density at radius 1 is 1.05 bits per heavy atom. The van der Waals surface area contributed by atoms with Crippen molar-refractivity contribution in [1.82, 2.24) is 4.98 Å². The zero-order valence-corrected chi connectivity index (χ0v) is 28.3. The van der Waals surface area contributed by atoms with Crippen LogP contribution < -0.4 is 0 Å². The third-order valence-electron chi connectivity index (χ3n) is 9.86. The van der Waals surface area contributed by atoms with Crippen molar-refractivity contribution in [3.8, 4) is 0 Å². The first-order chi connectivity index (χ1) is 18.3. The zero-order chi connectivity index (χ0) is 29.8.